The molecule has 8 heteroatoms. The Morgan fingerprint density at radius 3 is 2.70 bits per heavy atom. The van der Waals surface area contributed by atoms with Gasteiger partial charge < -0.3 is 13.7 Å². The molecule has 0 bridgehead atoms. The van der Waals surface area contributed by atoms with Crippen LogP contribution < -0.4 is 4.74 Å². The van der Waals surface area contributed by atoms with Crippen LogP contribution in [0.1, 0.15) is 11.7 Å². The molecule has 0 amide bonds. The highest BCUT2D eigenvalue weighted by atomic mass is 79.9. The summed E-state index contributed by atoms with van der Waals surface area (Å²) >= 11 is 3.25. The number of aryl methyl sites for hydroxylation is 1. The maximum absolute atomic E-state index is 13.1. The first kappa shape index (κ1) is 17.4. The van der Waals surface area contributed by atoms with Crippen molar-refractivity contribution < 1.29 is 18.1 Å². The van der Waals surface area contributed by atoms with E-state index in [1.807, 2.05) is 30.3 Å². The maximum atomic E-state index is 13.1. The minimum Gasteiger partial charge on any atom is -0.483 e. The number of ether oxygens (including phenoxy) is 1. The Labute approximate surface area is 162 Å². The molecule has 2 aromatic carbocycles. The van der Waals surface area contributed by atoms with Crippen molar-refractivity contribution in [1.29, 1.82) is 0 Å². The minimum absolute atomic E-state index is 0.0439. The molecular formula is C19H13BrFN3O3. The van der Waals surface area contributed by atoms with Gasteiger partial charge in [-0.3, -0.25) is 0 Å². The highest BCUT2D eigenvalue weighted by Crippen LogP contribution is 2.33. The second-order valence-electron chi connectivity index (χ2n) is 5.69. The van der Waals surface area contributed by atoms with Crippen molar-refractivity contribution in [1.82, 2.24) is 15.4 Å². The standard InChI is InChI=1S/C19H13BrFN3O3/c1-11-17(18(24-27-11)12-5-3-2-4-6-12)19-23-22-16(26-19)10-25-15-8-7-13(21)9-14(15)20/h2-9H,10H2,1H3. The number of halogens is 2. The zero-order chi connectivity index (χ0) is 18.8. The van der Waals surface area contributed by atoms with Gasteiger partial charge in [0.1, 0.15) is 28.6 Å². The Bertz CT molecular complexity index is 1080. The molecule has 0 fully saturated rings. The molecular weight excluding hydrogens is 417 g/mol. The summed E-state index contributed by atoms with van der Waals surface area (Å²) in [7, 11) is 0. The second-order valence-corrected chi connectivity index (χ2v) is 6.55. The summed E-state index contributed by atoms with van der Waals surface area (Å²) in [4.78, 5) is 0. The largest absolute Gasteiger partial charge is 0.483 e. The highest BCUT2D eigenvalue weighted by molar-refractivity contribution is 9.10. The lowest BCUT2D eigenvalue weighted by Crippen LogP contribution is -1.96. The van der Waals surface area contributed by atoms with E-state index in [1.165, 1.54) is 18.2 Å². The molecule has 0 spiro atoms. The van der Waals surface area contributed by atoms with Gasteiger partial charge in [0.15, 0.2) is 6.61 Å². The van der Waals surface area contributed by atoms with Gasteiger partial charge >= 0.3 is 0 Å². The number of rotatable bonds is 5. The van der Waals surface area contributed by atoms with Crippen LogP contribution in [0.2, 0.25) is 0 Å². The molecule has 0 radical (unpaired) electrons. The summed E-state index contributed by atoms with van der Waals surface area (Å²) in [5, 5.41) is 12.2. The number of hydrogen-bond donors (Lipinski definition) is 0. The fourth-order valence-electron chi connectivity index (χ4n) is 2.56. The van der Waals surface area contributed by atoms with Crippen molar-refractivity contribution in [2.24, 2.45) is 0 Å². The van der Waals surface area contributed by atoms with E-state index in [0.717, 1.165) is 5.56 Å². The van der Waals surface area contributed by atoms with E-state index >= 15 is 0 Å². The molecule has 2 aromatic heterocycles. The van der Waals surface area contributed by atoms with Crippen molar-refractivity contribution >= 4 is 15.9 Å². The van der Waals surface area contributed by atoms with Crippen molar-refractivity contribution in [3.05, 3.63) is 70.5 Å². The van der Waals surface area contributed by atoms with E-state index in [2.05, 4.69) is 31.3 Å². The van der Waals surface area contributed by atoms with Crippen LogP contribution in [0.4, 0.5) is 4.39 Å². The topological polar surface area (TPSA) is 74.2 Å². The third-order valence-corrected chi connectivity index (χ3v) is 4.46. The number of nitrogens with zero attached hydrogens (tertiary/aromatic N) is 3. The summed E-state index contributed by atoms with van der Waals surface area (Å²) < 4.78 is 30.3. The van der Waals surface area contributed by atoms with Crippen LogP contribution in [0.25, 0.3) is 22.7 Å². The molecule has 0 unspecified atom stereocenters. The van der Waals surface area contributed by atoms with Crippen LogP contribution in [-0.2, 0) is 6.61 Å². The van der Waals surface area contributed by atoms with Gasteiger partial charge in [0, 0.05) is 5.56 Å². The summed E-state index contributed by atoms with van der Waals surface area (Å²) in [5.74, 6) is 1.27. The fourth-order valence-corrected chi connectivity index (χ4v) is 3.03. The molecule has 0 aliphatic carbocycles. The van der Waals surface area contributed by atoms with Crippen LogP contribution in [0.5, 0.6) is 5.75 Å². The zero-order valence-electron chi connectivity index (χ0n) is 14.1. The molecule has 0 N–H and O–H groups in total. The third-order valence-electron chi connectivity index (χ3n) is 3.84. The van der Waals surface area contributed by atoms with Crippen LogP contribution in [0.3, 0.4) is 0 Å². The lowest BCUT2D eigenvalue weighted by Gasteiger charge is -2.05. The predicted octanol–water partition coefficient (Wildman–Crippen LogP) is 5.18. The van der Waals surface area contributed by atoms with E-state index in [1.54, 1.807) is 6.92 Å². The first-order valence-electron chi connectivity index (χ1n) is 8.04. The van der Waals surface area contributed by atoms with E-state index in [-0.39, 0.29) is 18.3 Å². The zero-order valence-corrected chi connectivity index (χ0v) is 15.7. The Morgan fingerprint density at radius 1 is 1.11 bits per heavy atom. The van der Waals surface area contributed by atoms with Crippen molar-refractivity contribution in [2.45, 2.75) is 13.5 Å². The lowest BCUT2D eigenvalue weighted by atomic mass is 10.1. The molecule has 4 rings (SSSR count). The molecule has 0 aliphatic rings. The van der Waals surface area contributed by atoms with Crippen molar-refractivity contribution in [3.8, 4) is 28.5 Å². The SMILES string of the molecule is Cc1onc(-c2ccccc2)c1-c1nnc(COc2ccc(F)cc2Br)o1. The molecule has 136 valence electrons. The predicted molar refractivity (Wildman–Crippen MR) is 98.4 cm³/mol. The Balaban J connectivity index is 1.58. The van der Waals surface area contributed by atoms with Gasteiger partial charge in [-0.15, -0.1) is 10.2 Å². The highest BCUT2D eigenvalue weighted by Gasteiger charge is 2.22. The number of hydrogen-bond acceptors (Lipinski definition) is 6. The van der Waals surface area contributed by atoms with Gasteiger partial charge in [-0.05, 0) is 41.1 Å². The van der Waals surface area contributed by atoms with Gasteiger partial charge in [0.2, 0.25) is 0 Å². The van der Waals surface area contributed by atoms with E-state index < -0.39 is 0 Å². The molecule has 27 heavy (non-hydrogen) atoms. The smallest absolute Gasteiger partial charge is 0.254 e. The molecule has 0 aliphatic heterocycles. The first-order valence-corrected chi connectivity index (χ1v) is 8.83. The first-order chi connectivity index (χ1) is 13.1. The normalized spacial score (nSPS) is 10.9. The van der Waals surface area contributed by atoms with Crippen molar-refractivity contribution in [2.75, 3.05) is 0 Å². The molecule has 6 nitrogen and oxygen atoms in total. The lowest BCUT2D eigenvalue weighted by molar-refractivity contribution is 0.262. The van der Waals surface area contributed by atoms with E-state index in [9.17, 15) is 4.39 Å². The van der Waals surface area contributed by atoms with Crippen LogP contribution >= 0.6 is 15.9 Å². The molecule has 2 heterocycles. The number of benzene rings is 2. The summed E-state index contributed by atoms with van der Waals surface area (Å²) in [6.07, 6.45) is 0. The fraction of sp³-hybridized carbons (Fsp3) is 0.105. The average Bonchev–Trinajstić information content (AvgIpc) is 3.28. The maximum Gasteiger partial charge on any atom is 0.254 e. The van der Waals surface area contributed by atoms with Crippen LogP contribution in [-0.4, -0.2) is 15.4 Å². The monoisotopic (exact) mass is 429 g/mol. The minimum atomic E-state index is -0.356. The van der Waals surface area contributed by atoms with Gasteiger partial charge in [0.25, 0.3) is 11.8 Å². The molecule has 4 aromatic rings. The Kier molecular flexibility index (Phi) is 4.72. The molecule has 0 saturated heterocycles. The van der Waals surface area contributed by atoms with Crippen LogP contribution in [0, 0.1) is 12.7 Å². The number of aromatic nitrogens is 3. The van der Waals surface area contributed by atoms with E-state index in [0.29, 0.717) is 33.1 Å². The Hall–Kier alpha value is -3.00. The third kappa shape index (κ3) is 3.61. The van der Waals surface area contributed by atoms with E-state index in [4.69, 9.17) is 13.7 Å². The van der Waals surface area contributed by atoms with Gasteiger partial charge in [-0.2, -0.15) is 0 Å². The van der Waals surface area contributed by atoms with Crippen LogP contribution in [0.15, 0.2) is 61.9 Å². The van der Waals surface area contributed by atoms with Gasteiger partial charge in [0.05, 0.1) is 4.47 Å². The molecule has 0 atom stereocenters. The Morgan fingerprint density at radius 2 is 1.93 bits per heavy atom. The summed E-state index contributed by atoms with van der Waals surface area (Å²) in [6, 6.07) is 13.8. The summed E-state index contributed by atoms with van der Waals surface area (Å²) in [6.45, 7) is 1.83. The quantitative estimate of drug-likeness (QED) is 0.435. The van der Waals surface area contributed by atoms with Gasteiger partial charge in [-0.1, -0.05) is 35.5 Å². The van der Waals surface area contributed by atoms with Crippen molar-refractivity contribution in [3.63, 3.8) is 0 Å². The molecule has 0 saturated carbocycles. The average molecular weight is 430 g/mol. The second kappa shape index (κ2) is 7.32. The summed E-state index contributed by atoms with van der Waals surface area (Å²) in [5.41, 5.74) is 2.16. The van der Waals surface area contributed by atoms with Gasteiger partial charge in [-0.25, -0.2) is 4.39 Å².